The lowest BCUT2D eigenvalue weighted by molar-refractivity contribution is 0.0545. The largest absolute Gasteiger partial charge is 0.494 e. The van der Waals surface area contributed by atoms with Gasteiger partial charge in [-0.1, -0.05) is 61.7 Å². The van der Waals surface area contributed by atoms with Gasteiger partial charge in [0, 0.05) is 13.0 Å². The second kappa shape index (κ2) is 17.5. The molecule has 1 aromatic rings. The number of hydrogen-bond acceptors (Lipinski definition) is 6. The summed E-state index contributed by atoms with van der Waals surface area (Å²) in [4.78, 5) is 28.8. The van der Waals surface area contributed by atoms with Crippen LogP contribution in [0.4, 0.5) is 9.59 Å². The molecule has 8 heteroatoms. The lowest BCUT2D eigenvalue weighted by Crippen LogP contribution is -2.47. The van der Waals surface area contributed by atoms with Crippen molar-refractivity contribution in [3.05, 3.63) is 96.8 Å². The van der Waals surface area contributed by atoms with Crippen LogP contribution < -0.4 is 10.6 Å². The molecule has 8 nitrogen and oxygen atoms in total. The number of hydrogen-bond donors (Lipinski definition) is 2. The topological polar surface area (TPSA) is 98.3 Å². The van der Waals surface area contributed by atoms with Crippen LogP contribution in [0.3, 0.4) is 0 Å². The molecule has 1 aromatic carbocycles. The molecule has 42 heavy (non-hydrogen) atoms. The molecular weight excluding hydrogens is 530 g/mol. The molecule has 0 bridgehead atoms. The minimum atomic E-state index is -0.741. The fraction of sp³-hybridized carbons (Fsp3) is 0.382. The monoisotopic (exact) mass is 577 g/mol. The third kappa shape index (κ3) is 14.9. The normalized spacial score (nSPS) is 12.8. The Kier molecular flexibility index (Phi) is 14.9. The molecule has 0 saturated heterocycles. The Morgan fingerprint density at radius 1 is 0.905 bits per heavy atom. The molecule has 0 unspecified atom stereocenters. The number of carbonyl (C=O) groups is 2. The molecular formula is C34H47N3O5. The van der Waals surface area contributed by atoms with Crippen LogP contribution in [0.2, 0.25) is 0 Å². The van der Waals surface area contributed by atoms with Crippen molar-refractivity contribution in [2.24, 2.45) is 4.99 Å². The lowest BCUT2D eigenvalue weighted by atomic mass is 9.98. The average molecular weight is 578 g/mol. The van der Waals surface area contributed by atoms with E-state index in [9.17, 15) is 9.59 Å². The number of aliphatic imine (C=N–C) groups is 1. The quantitative estimate of drug-likeness (QED) is 0.0910. The first-order chi connectivity index (χ1) is 19.7. The van der Waals surface area contributed by atoms with E-state index in [0.29, 0.717) is 18.8 Å². The summed E-state index contributed by atoms with van der Waals surface area (Å²) in [5, 5.41) is 4.94. The molecule has 228 valence electrons. The van der Waals surface area contributed by atoms with Gasteiger partial charge in [0.2, 0.25) is 5.96 Å². The zero-order chi connectivity index (χ0) is 31.8. The van der Waals surface area contributed by atoms with Crippen LogP contribution in [-0.4, -0.2) is 42.5 Å². The summed E-state index contributed by atoms with van der Waals surface area (Å²) >= 11 is 0. The Balaban J connectivity index is 2.93. The maximum Gasteiger partial charge on any atom is 0.414 e. The first kappa shape index (κ1) is 35.7. The van der Waals surface area contributed by atoms with E-state index < -0.39 is 23.4 Å². The second-order valence-electron chi connectivity index (χ2n) is 11.1. The Hall–Kier alpha value is -4.33. The number of alkyl carbamates (subject to hydrolysis) is 2. The molecule has 0 fully saturated rings. The number of ether oxygens (including phenoxy) is 3. The molecule has 0 aliphatic carbocycles. The average Bonchev–Trinajstić information content (AvgIpc) is 2.88. The molecule has 0 spiro atoms. The smallest absolute Gasteiger partial charge is 0.414 e. The van der Waals surface area contributed by atoms with E-state index in [2.05, 4.69) is 47.0 Å². The maximum atomic E-state index is 12.3. The van der Waals surface area contributed by atoms with E-state index in [0.717, 1.165) is 22.3 Å². The highest BCUT2D eigenvalue weighted by atomic mass is 16.6. The first-order valence-corrected chi connectivity index (χ1v) is 13.9. The Labute approximate surface area is 251 Å². The molecule has 1 rings (SSSR count). The molecule has 2 N–H and O–H groups in total. The van der Waals surface area contributed by atoms with Crippen molar-refractivity contribution in [1.29, 1.82) is 0 Å². The second-order valence-corrected chi connectivity index (χ2v) is 11.1. The summed E-state index contributed by atoms with van der Waals surface area (Å²) in [6, 6.07) is 8.20. The predicted octanol–water partition coefficient (Wildman–Crippen LogP) is 8.12. The SMILES string of the molecule is C=C/C=C\C(=C/C)c1cccc(/C(C=C)=C/C(=C\C)OCCCN=C(NC(=O)OC(C)(C)C)NC(=O)OC(C)(C)C)c1. The molecule has 0 aliphatic rings. The number of guanidine groups is 1. The van der Waals surface area contributed by atoms with Crippen molar-refractivity contribution < 1.29 is 23.8 Å². The van der Waals surface area contributed by atoms with Crippen molar-refractivity contribution in [2.75, 3.05) is 13.2 Å². The van der Waals surface area contributed by atoms with Gasteiger partial charge in [0.25, 0.3) is 0 Å². The highest BCUT2D eigenvalue weighted by Gasteiger charge is 2.21. The molecule has 0 saturated carbocycles. The Bertz CT molecular complexity index is 1210. The van der Waals surface area contributed by atoms with Crippen molar-refractivity contribution in [3.63, 3.8) is 0 Å². The highest BCUT2D eigenvalue weighted by Crippen LogP contribution is 2.24. The van der Waals surface area contributed by atoms with Gasteiger partial charge in [0.15, 0.2) is 0 Å². The van der Waals surface area contributed by atoms with Crippen LogP contribution in [0.5, 0.6) is 0 Å². The Morgan fingerprint density at radius 3 is 1.95 bits per heavy atom. The van der Waals surface area contributed by atoms with Crippen LogP contribution in [0, 0.1) is 0 Å². The van der Waals surface area contributed by atoms with Gasteiger partial charge in [-0.3, -0.25) is 15.6 Å². The van der Waals surface area contributed by atoms with E-state index in [1.807, 2.05) is 50.3 Å². The number of nitrogens with one attached hydrogen (secondary N) is 2. The number of nitrogens with zero attached hydrogens (tertiary/aromatic N) is 1. The van der Waals surface area contributed by atoms with Gasteiger partial charge < -0.3 is 14.2 Å². The fourth-order valence-corrected chi connectivity index (χ4v) is 3.39. The molecule has 0 radical (unpaired) electrons. The standard InChI is InChI=1S/C34H47N3O5/c1-11-15-18-25(12-2)27-19-16-20-28(23-27)26(13-3)24-29(14-4)40-22-17-21-35-30(36-31(38)41-33(5,6)7)37-32(39)42-34(8,9)10/h11-16,18-20,23-24H,1,3,17,21-22H2,2,4-10H3,(H2,35,36,37,38,39)/b18-15-,25-12+,26-24+,29-14+. The molecule has 2 amide bonds. The van der Waals surface area contributed by atoms with Gasteiger partial charge in [0.1, 0.15) is 17.0 Å². The van der Waals surface area contributed by atoms with Crippen LogP contribution >= 0.6 is 0 Å². The molecule has 0 heterocycles. The lowest BCUT2D eigenvalue weighted by Gasteiger charge is -2.22. The van der Waals surface area contributed by atoms with Crippen molar-refractivity contribution in [2.45, 2.75) is 73.0 Å². The van der Waals surface area contributed by atoms with Crippen molar-refractivity contribution in [3.8, 4) is 0 Å². The number of carbonyl (C=O) groups excluding carboxylic acids is 2. The van der Waals surface area contributed by atoms with Gasteiger partial charge in [-0.15, -0.1) is 0 Å². The van der Waals surface area contributed by atoms with Crippen LogP contribution in [0.1, 0.15) is 72.9 Å². The third-order valence-electron chi connectivity index (χ3n) is 5.13. The third-order valence-corrected chi connectivity index (χ3v) is 5.13. The maximum absolute atomic E-state index is 12.3. The highest BCUT2D eigenvalue weighted by molar-refractivity contribution is 6.01. The Morgan fingerprint density at radius 2 is 1.48 bits per heavy atom. The summed E-state index contributed by atoms with van der Waals surface area (Å²) in [7, 11) is 0. The fourth-order valence-electron chi connectivity index (χ4n) is 3.39. The summed E-state index contributed by atoms with van der Waals surface area (Å²) in [5.41, 5.74) is 2.66. The van der Waals surface area contributed by atoms with E-state index in [1.165, 1.54) is 0 Å². The summed E-state index contributed by atoms with van der Waals surface area (Å²) in [5.74, 6) is 0.609. The molecule has 0 aromatic heterocycles. The minimum Gasteiger partial charge on any atom is -0.494 e. The number of benzene rings is 1. The number of rotatable bonds is 11. The molecule has 0 aliphatic heterocycles. The van der Waals surface area contributed by atoms with E-state index in [4.69, 9.17) is 14.2 Å². The van der Waals surface area contributed by atoms with Gasteiger partial charge in [-0.05, 0) is 95.9 Å². The zero-order valence-electron chi connectivity index (χ0n) is 26.4. The van der Waals surface area contributed by atoms with Gasteiger partial charge in [-0.25, -0.2) is 9.59 Å². The van der Waals surface area contributed by atoms with Crippen molar-refractivity contribution in [1.82, 2.24) is 10.6 Å². The van der Waals surface area contributed by atoms with Gasteiger partial charge in [0.05, 0.1) is 6.61 Å². The number of amides is 2. The molecule has 0 atom stereocenters. The van der Waals surface area contributed by atoms with E-state index >= 15 is 0 Å². The predicted molar refractivity (Wildman–Crippen MR) is 173 cm³/mol. The van der Waals surface area contributed by atoms with Gasteiger partial charge >= 0.3 is 12.2 Å². The van der Waals surface area contributed by atoms with E-state index in [-0.39, 0.29) is 12.5 Å². The van der Waals surface area contributed by atoms with Crippen LogP contribution in [-0.2, 0) is 14.2 Å². The zero-order valence-corrected chi connectivity index (χ0v) is 26.4. The van der Waals surface area contributed by atoms with Gasteiger partial charge in [-0.2, -0.15) is 0 Å². The number of allylic oxidation sites excluding steroid dienone is 9. The van der Waals surface area contributed by atoms with E-state index in [1.54, 1.807) is 53.7 Å². The minimum absolute atomic E-state index is 0.0677. The van der Waals surface area contributed by atoms with Crippen LogP contribution in [0.25, 0.3) is 11.1 Å². The summed E-state index contributed by atoms with van der Waals surface area (Å²) in [6.45, 7) is 22.7. The first-order valence-electron chi connectivity index (χ1n) is 13.9. The summed E-state index contributed by atoms with van der Waals surface area (Å²) < 4.78 is 16.5. The van der Waals surface area contributed by atoms with Crippen molar-refractivity contribution >= 4 is 29.3 Å². The summed E-state index contributed by atoms with van der Waals surface area (Å²) in [6.07, 6.45) is 12.4. The van der Waals surface area contributed by atoms with Crippen LogP contribution in [0.15, 0.2) is 90.7 Å².